The molecule has 0 bridgehead atoms. The average molecular weight is 485 g/mol. The first-order valence-corrected chi connectivity index (χ1v) is 11.8. The van der Waals surface area contributed by atoms with Crippen molar-refractivity contribution in [2.45, 2.75) is 24.9 Å². The number of rotatable bonds is 3. The number of anilines is 1. The minimum Gasteiger partial charge on any atom is -0.368 e. The molecule has 2 fully saturated rings. The molecular formula is C25H27F3N6O. The Hall–Kier alpha value is -3.27. The van der Waals surface area contributed by atoms with Gasteiger partial charge in [-0.2, -0.15) is 13.2 Å². The van der Waals surface area contributed by atoms with Crippen LogP contribution in [0.3, 0.4) is 0 Å². The predicted octanol–water partition coefficient (Wildman–Crippen LogP) is 3.82. The van der Waals surface area contributed by atoms with E-state index in [9.17, 15) is 18.0 Å². The van der Waals surface area contributed by atoms with Crippen molar-refractivity contribution in [3.8, 4) is 0 Å². The highest BCUT2D eigenvalue weighted by Gasteiger charge is 2.31. The molecule has 2 aliphatic heterocycles. The van der Waals surface area contributed by atoms with Crippen LogP contribution < -0.4 is 4.90 Å². The first kappa shape index (κ1) is 23.5. The van der Waals surface area contributed by atoms with Crippen molar-refractivity contribution in [2.24, 2.45) is 0 Å². The van der Waals surface area contributed by atoms with E-state index >= 15 is 0 Å². The average Bonchev–Trinajstić information content (AvgIpc) is 2.88. The number of amides is 1. The monoisotopic (exact) mass is 484 g/mol. The van der Waals surface area contributed by atoms with Gasteiger partial charge in [-0.05, 0) is 50.2 Å². The van der Waals surface area contributed by atoms with Crippen molar-refractivity contribution >= 4 is 22.6 Å². The Morgan fingerprint density at radius 1 is 0.943 bits per heavy atom. The largest absolute Gasteiger partial charge is 0.416 e. The highest BCUT2D eigenvalue weighted by Crippen LogP contribution is 2.32. The van der Waals surface area contributed by atoms with E-state index in [-0.39, 0.29) is 17.4 Å². The smallest absolute Gasteiger partial charge is 0.368 e. The summed E-state index contributed by atoms with van der Waals surface area (Å²) in [5.41, 5.74) is 3.06. The van der Waals surface area contributed by atoms with Gasteiger partial charge >= 0.3 is 6.18 Å². The van der Waals surface area contributed by atoms with E-state index in [0.717, 1.165) is 60.7 Å². The van der Waals surface area contributed by atoms with Crippen LogP contribution in [0.4, 0.5) is 18.9 Å². The van der Waals surface area contributed by atoms with E-state index in [2.05, 4.69) is 32.9 Å². The van der Waals surface area contributed by atoms with Crippen LogP contribution in [-0.4, -0.2) is 77.0 Å². The molecule has 2 aliphatic rings. The number of pyridine rings is 1. The number of halogens is 3. The van der Waals surface area contributed by atoms with Gasteiger partial charge in [0, 0.05) is 50.7 Å². The molecule has 35 heavy (non-hydrogen) atoms. The summed E-state index contributed by atoms with van der Waals surface area (Å²) in [4.78, 5) is 32.9. The summed E-state index contributed by atoms with van der Waals surface area (Å²) in [5, 5.41) is 0. The molecule has 0 spiro atoms. The van der Waals surface area contributed by atoms with Gasteiger partial charge in [0.1, 0.15) is 11.8 Å². The zero-order valence-electron chi connectivity index (χ0n) is 19.5. The van der Waals surface area contributed by atoms with Crippen LogP contribution in [-0.2, 0) is 6.18 Å². The molecule has 0 atom stereocenters. The molecule has 2 aromatic heterocycles. The van der Waals surface area contributed by atoms with E-state index in [1.807, 2.05) is 6.20 Å². The second kappa shape index (κ2) is 9.41. The van der Waals surface area contributed by atoms with Gasteiger partial charge in [0.15, 0.2) is 0 Å². The van der Waals surface area contributed by atoms with Gasteiger partial charge in [-0.15, -0.1) is 0 Å². The van der Waals surface area contributed by atoms with E-state index in [0.29, 0.717) is 25.9 Å². The first-order valence-electron chi connectivity index (χ1n) is 11.8. The van der Waals surface area contributed by atoms with Crippen molar-refractivity contribution in [3.05, 3.63) is 59.7 Å². The van der Waals surface area contributed by atoms with Crippen LogP contribution in [0.1, 0.15) is 40.4 Å². The van der Waals surface area contributed by atoms with Crippen LogP contribution in [0.15, 0.2) is 42.9 Å². The first-order chi connectivity index (χ1) is 16.8. The standard InChI is InChI=1S/C25H27F3N6O/c1-32-10-12-33(13-11-32)20-14-21-23(29-15-20)22(31-16-30-21)17-6-8-34(9-7-17)24(35)18-2-4-19(5-3-18)25(26,27)28/h2-5,14-17H,6-13H2,1H3. The summed E-state index contributed by atoms with van der Waals surface area (Å²) in [7, 11) is 2.12. The number of likely N-dealkylation sites (N-methyl/N-ethyl adjacent to an activating group) is 1. The van der Waals surface area contributed by atoms with Crippen molar-refractivity contribution in [1.82, 2.24) is 24.8 Å². The molecule has 0 aliphatic carbocycles. The number of benzene rings is 1. The molecule has 3 aromatic rings. The number of aromatic nitrogens is 3. The van der Waals surface area contributed by atoms with Crippen molar-refractivity contribution in [3.63, 3.8) is 0 Å². The van der Waals surface area contributed by atoms with Crippen LogP contribution in [0.2, 0.25) is 0 Å². The summed E-state index contributed by atoms with van der Waals surface area (Å²) in [6, 6.07) is 6.47. The minimum atomic E-state index is -4.42. The fraction of sp³-hybridized carbons (Fsp3) is 0.440. The third-order valence-electron chi connectivity index (χ3n) is 6.99. The highest BCUT2D eigenvalue weighted by atomic mass is 19.4. The van der Waals surface area contributed by atoms with E-state index in [1.165, 1.54) is 12.1 Å². The third kappa shape index (κ3) is 4.93. The molecule has 0 radical (unpaired) electrons. The number of carbonyl (C=O) groups excluding carboxylic acids is 1. The maximum Gasteiger partial charge on any atom is 0.416 e. The molecule has 0 N–H and O–H groups in total. The summed E-state index contributed by atoms with van der Waals surface area (Å²) in [5.74, 6) is -0.112. The molecule has 10 heteroatoms. The van der Waals surface area contributed by atoms with Gasteiger partial charge in [-0.3, -0.25) is 9.78 Å². The fourth-order valence-corrected chi connectivity index (χ4v) is 4.83. The number of fused-ring (bicyclic) bond motifs is 1. The maximum absolute atomic E-state index is 12.8. The van der Waals surface area contributed by atoms with Gasteiger partial charge in [0.2, 0.25) is 0 Å². The number of piperidine rings is 1. The number of nitrogens with zero attached hydrogens (tertiary/aromatic N) is 6. The second-order valence-corrected chi connectivity index (χ2v) is 9.25. The zero-order valence-corrected chi connectivity index (χ0v) is 19.5. The Balaban J connectivity index is 1.27. The number of likely N-dealkylation sites (tertiary alicyclic amines) is 1. The summed E-state index contributed by atoms with van der Waals surface area (Å²) >= 11 is 0. The lowest BCUT2D eigenvalue weighted by Crippen LogP contribution is -2.44. The van der Waals surface area contributed by atoms with Gasteiger partial charge in [0.05, 0.1) is 28.7 Å². The van der Waals surface area contributed by atoms with Crippen LogP contribution in [0.25, 0.3) is 11.0 Å². The Kier molecular flexibility index (Phi) is 6.31. The lowest BCUT2D eigenvalue weighted by molar-refractivity contribution is -0.137. The topological polar surface area (TPSA) is 65.5 Å². The molecule has 5 rings (SSSR count). The molecular weight excluding hydrogens is 457 g/mol. The third-order valence-corrected chi connectivity index (χ3v) is 6.99. The number of alkyl halides is 3. The quantitative estimate of drug-likeness (QED) is 0.563. The van der Waals surface area contributed by atoms with Crippen LogP contribution in [0, 0.1) is 0 Å². The Morgan fingerprint density at radius 3 is 2.29 bits per heavy atom. The SMILES string of the molecule is CN1CCN(c2cnc3c(C4CCN(C(=O)c5ccc(C(F)(F)F)cc5)CC4)ncnc3c2)CC1. The van der Waals surface area contributed by atoms with Crippen LogP contribution in [0.5, 0.6) is 0 Å². The van der Waals surface area contributed by atoms with E-state index in [4.69, 9.17) is 4.98 Å². The van der Waals surface area contributed by atoms with Crippen molar-refractivity contribution in [2.75, 3.05) is 51.2 Å². The van der Waals surface area contributed by atoms with Gasteiger partial charge in [-0.1, -0.05) is 0 Å². The predicted molar refractivity (Wildman–Crippen MR) is 126 cm³/mol. The second-order valence-electron chi connectivity index (χ2n) is 9.25. The fourth-order valence-electron chi connectivity index (χ4n) is 4.83. The van der Waals surface area contributed by atoms with Crippen molar-refractivity contribution < 1.29 is 18.0 Å². The lowest BCUT2D eigenvalue weighted by atomic mass is 9.92. The molecule has 0 saturated carbocycles. The highest BCUT2D eigenvalue weighted by molar-refractivity contribution is 5.94. The lowest BCUT2D eigenvalue weighted by Gasteiger charge is -2.34. The van der Waals surface area contributed by atoms with Gasteiger partial charge < -0.3 is 14.7 Å². The minimum absolute atomic E-state index is 0.138. The molecule has 1 amide bonds. The molecule has 0 unspecified atom stereocenters. The van der Waals surface area contributed by atoms with Crippen molar-refractivity contribution in [1.29, 1.82) is 0 Å². The van der Waals surface area contributed by atoms with Crippen LogP contribution >= 0.6 is 0 Å². The number of hydrogen-bond acceptors (Lipinski definition) is 6. The van der Waals surface area contributed by atoms with E-state index in [1.54, 1.807) is 11.2 Å². The number of carbonyl (C=O) groups is 1. The normalized spacial score (nSPS) is 18.3. The Bertz CT molecular complexity index is 1200. The molecule has 7 nitrogen and oxygen atoms in total. The molecule has 4 heterocycles. The Labute approximate surface area is 201 Å². The van der Waals surface area contributed by atoms with Gasteiger partial charge in [0.25, 0.3) is 5.91 Å². The summed E-state index contributed by atoms with van der Waals surface area (Å²) in [6.45, 7) is 4.94. The van der Waals surface area contributed by atoms with Gasteiger partial charge in [-0.25, -0.2) is 9.97 Å². The zero-order chi connectivity index (χ0) is 24.6. The Morgan fingerprint density at radius 2 is 1.63 bits per heavy atom. The maximum atomic E-state index is 12.8. The molecule has 2 saturated heterocycles. The molecule has 184 valence electrons. The number of piperazine rings is 1. The summed E-state index contributed by atoms with van der Waals surface area (Å²) in [6.07, 6.45) is 0.469. The molecule has 1 aromatic carbocycles. The summed E-state index contributed by atoms with van der Waals surface area (Å²) < 4.78 is 38.4. The number of hydrogen-bond donors (Lipinski definition) is 0. The van der Waals surface area contributed by atoms with E-state index < -0.39 is 11.7 Å².